The van der Waals surface area contributed by atoms with E-state index in [0.717, 1.165) is 0 Å². The quantitative estimate of drug-likeness (QED) is 0.487. The van der Waals surface area contributed by atoms with E-state index in [0.29, 0.717) is 6.42 Å². The molecule has 0 unspecified atom stereocenters. The molecule has 0 radical (unpaired) electrons. The lowest BCUT2D eigenvalue weighted by Crippen LogP contribution is -2.41. The molecule has 0 fully saturated rings. The van der Waals surface area contributed by atoms with E-state index in [4.69, 9.17) is 4.43 Å². The molecule has 0 aromatic heterocycles. The van der Waals surface area contributed by atoms with Gasteiger partial charge >= 0.3 is 0 Å². The Labute approximate surface area is 126 Å². The van der Waals surface area contributed by atoms with Crippen molar-refractivity contribution in [1.82, 2.24) is 0 Å². The second kappa shape index (κ2) is 9.51. The van der Waals surface area contributed by atoms with Crippen molar-refractivity contribution >= 4 is 14.1 Å². The molecule has 0 N–H and O–H groups in total. The lowest BCUT2D eigenvalue weighted by Gasteiger charge is -2.34. The zero-order chi connectivity index (χ0) is 14.8. The molecule has 1 rings (SSSR count). The average Bonchev–Trinajstić information content (AvgIpc) is 2.85. The van der Waals surface area contributed by atoms with Gasteiger partial charge in [0.25, 0.3) is 0 Å². The minimum atomic E-state index is -1.66. The molecule has 0 aliphatic heterocycles. The molecule has 1 aliphatic rings. The van der Waals surface area contributed by atoms with Crippen molar-refractivity contribution < 1.29 is 9.22 Å². The monoisotopic (exact) mass is 296 g/mol. The molecular weight excluding hydrogens is 264 g/mol. The number of hydrogen-bond acceptors (Lipinski definition) is 2. The highest BCUT2D eigenvalue weighted by atomic mass is 28.4. The molecular formula is C17H32O2Si. The van der Waals surface area contributed by atoms with Crippen LogP contribution >= 0.6 is 0 Å². The van der Waals surface area contributed by atoms with Gasteiger partial charge in [0, 0.05) is 6.42 Å². The van der Waals surface area contributed by atoms with Crippen LogP contribution in [0.5, 0.6) is 0 Å². The number of allylic oxidation sites excluding steroid dienone is 1. The number of ketones is 1. The fraction of sp³-hybridized carbons (Fsp3) is 0.824. The fourth-order valence-corrected chi connectivity index (χ4v) is 7.90. The Morgan fingerprint density at radius 2 is 1.55 bits per heavy atom. The van der Waals surface area contributed by atoms with Crippen LogP contribution < -0.4 is 0 Å². The van der Waals surface area contributed by atoms with Crippen LogP contribution in [0, 0.1) is 0 Å². The van der Waals surface area contributed by atoms with Gasteiger partial charge in [0.05, 0.1) is 6.10 Å². The molecule has 116 valence electrons. The number of rotatable bonds is 11. The topological polar surface area (TPSA) is 26.3 Å². The van der Waals surface area contributed by atoms with Crippen LogP contribution in [0.4, 0.5) is 0 Å². The van der Waals surface area contributed by atoms with Crippen LogP contribution in [-0.4, -0.2) is 20.2 Å². The lowest BCUT2D eigenvalue weighted by atomic mass is 10.3. The summed E-state index contributed by atoms with van der Waals surface area (Å²) >= 11 is 0. The van der Waals surface area contributed by atoms with Gasteiger partial charge in [0.2, 0.25) is 0 Å². The lowest BCUT2D eigenvalue weighted by molar-refractivity contribution is -0.114. The molecule has 20 heavy (non-hydrogen) atoms. The van der Waals surface area contributed by atoms with E-state index in [1.807, 2.05) is 6.08 Å². The summed E-state index contributed by atoms with van der Waals surface area (Å²) in [5.74, 6) is 0.236. The summed E-state index contributed by atoms with van der Waals surface area (Å²) in [6.45, 7) is 6.79. The zero-order valence-corrected chi connectivity index (χ0v) is 14.6. The predicted octanol–water partition coefficient (Wildman–Crippen LogP) is 5.25. The summed E-state index contributed by atoms with van der Waals surface area (Å²) < 4.78 is 6.61. The first-order valence-corrected chi connectivity index (χ1v) is 11.1. The van der Waals surface area contributed by atoms with Crippen molar-refractivity contribution in [3.63, 3.8) is 0 Å². The maximum absolute atomic E-state index is 11.4. The predicted molar refractivity (Wildman–Crippen MR) is 88.5 cm³/mol. The van der Waals surface area contributed by atoms with Crippen molar-refractivity contribution in [2.45, 2.75) is 90.0 Å². The normalized spacial score (nSPS) is 18.9. The number of hydrogen-bond donors (Lipinski definition) is 0. The van der Waals surface area contributed by atoms with E-state index < -0.39 is 8.32 Å². The van der Waals surface area contributed by atoms with Crippen molar-refractivity contribution in [3.05, 3.63) is 12.2 Å². The Hall–Kier alpha value is -0.413. The molecule has 2 nitrogen and oxygen atoms in total. The minimum absolute atomic E-state index is 0.0831. The van der Waals surface area contributed by atoms with E-state index in [2.05, 4.69) is 20.8 Å². The highest BCUT2D eigenvalue weighted by Crippen LogP contribution is 2.32. The Bertz CT molecular complexity index is 290. The maximum Gasteiger partial charge on any atom is 0.193 e. The first kappa shape index (κ1) is 17.6. The minimum Gasteiger partial charge on any atom is -0.410 e. The smallest absolute Gasteiger partial charge is 0.193 e. The van der Waals surface area contributed by atoms with Gasteiger partial charge in [-0.3, -0.25) is 4.79 Å². The van der Waals surface area contributed by atoms with Crippen LogP contribution in [0.15, 0.2) is 12.2 Å². The zero-order valence-electron chi connectivity index (χ0n) is 13.6. The summed E-state index contributed by atoms with van der Waals surface area (Å²) in [4.78, 5) is 11.4. The van der Waals surface area contributed by atoms with Crippen molar-refractivity contribution in [2.75, 3.05) is 0 Å². The van der Waals surface area contributed by atoms with Gasteiger partial charge in [-0.05, 0) is 24.2 Å². The molecule has 1 atom stereocenters. The third-order valence-corrected chi connectivity index (χ3v) is 8.86. The Kier molecular flexibility index (Phi) is 8.39. The molecule has 0 bridgehead atoms. The van der Waals surface area contributed by atoms with Crippen LogP contribution in [0.3, 0.4) is 0 Å². The second-order valence-corrected chi connectivity index (χ2v) is 10.3. The Morgan fingerprint density at radius 1 is 1.05 bits per heavy atom. The third kappa shape index (κ3) is 5.92. The number of carbonyl (C=O) groups excluding carboxylic acids is 1. The standard InChI is InChI=1S/C17H32O2Si/c1-4-7-12-20(13-8-5-2,14-9-6-3)19-17-11-10-16(18)15-17/h10-11,17H,4-9,12-15H2,1-3H3/t17-/m0/s1. The maximum atomic E-state index is 11.4. The van der Waals surface area contributed by atoms with Crippen molar-refractivity contribution in [1.29, 1.82) is 0 Å². The van der Waals surface area contributed by atoms with Gasteiger partial charge in [0.15, 0.2) is 14.1 Å². The Morgan fingerprint density at radius 3 is 1.90 bits per heavy atom. The van der Waals surface area contributed by atoms with E-state index in [1.165, 1.54) is 56.7 Å². The van der Waals surface area contributed by atoms with Crippen LogP contribution in [-0.2, 0) is 9.22 Å². The molecule has 0 amide bonds. The molecule has 0 aromatic rings. The SMILES string of the molecule is CCCC[Si](CCCC)(CCCC)O[C@H]1C=CC(=O)C1. The first-order valence-electron chi connectivity index (χ1n) is 8.54. The molecule has 0 saturated carbocycles. The van der Waals surface area contributed by atoms with E-state index >= 15 is 0 Å². The molecule has 1 aliphatic carbocycles. The largest absolute Gasteiger partial charge is 0.410 e. The summed E-state index contributed by atoms with van der Waals surface area (Å²) in [6.07, 6.45) is 12.0. The van der Waals surface area contributed by atoms with E-state index in [-0.39, 0.29) is 11.9 Å². The van der Waals surface area contributed by atoms with Gasteiger partial charge in [-0.1, -0.05) is 65.4 Å². The molecule has 0 heterocycles. The summed E-state index contributed by atoms with van der Waals surface area (Å²) in [5, 5.41) is 0. The number of unbranched alkanes of at least 4 members (excludes halogenated alkanes) is 3. The van der Waals surface area contributed by atoms with Gasteiger partial charge in [-0.15, -0.1) is 0 Å². The number of carbonyl (C=O) groups is 1. The summed E-state index contributed by atoms with van der Waals surface area (Å²) in [6, 6.07) is 3.84. The summed E-state index contributed by atoms with van der Waals surface area (Å²) in [7, 11) is -1.66. The van der Waals surface area contributed by atoms with Gasteiger partial charge in [-0.2, -0.15) is 0 Å². The molecule has 0 spiro atoms. The highest BCUT2D eigenvalue weighted by molar-refractivity contribution is 6.73. The molecule has 0 aromatic carbocycles. The summed E-state index contributed by atoms with van der Waals surface area (Å²) in [5.41, 5.74) is 0. The Balaban J connectivity index is 2.70. The van der Waals surface area contributed by atoms with Crippen molar-refractivity contribution in [2.24, 2.45) is 0 Å². The highest BCUT2D eigenvalue weighted by Gasteiger charge is 2.36. The average molecular weight is 297 g/mol. The van der Waals surface area contributed by atoms with Gasteiger partial charge in [0.1, 0.15) is 0 Å². The van der Waals surface area contributed by atoms with Crippen molar-refractivity contribution in [3.8, 4) is 0 Å². The second-order valence-electron chi connectivity index (χ2n) is 6.18. The van der Waals surface area contributed by atoms with E-state index in [9.17, 15) is 4.79 Å². The fourth-order valence-electron chi connectivity index (χ4n) is 3.00. The van der Waals surface area contributed by atoms with Gasteiger partial charge < -0.3 is 4.43 Å². The van der Waals surface area contributed by atoms with Crippen LogP contribution in [0.2, 0.25) is 18.1 Å². The van der Waals surface area contributed by atoms with E-state index in [1.54, 1.807) is 6.08 Å². The van der Waals surface area contributed by atoms with Crippen LogP contribution in [0.25, 0.3) is 0 Å². The third-order valence-electron chi connectivity index (χ3n) is 4.26. The first-order chi connectivity index (χ1) is 9.65. The van der Waals surface area contributed by atoms with Crippen LogP contribution in [0.1, 0.15) is 65.7 Å². The molecule has 0 saturated heterocycles. The van der Waals surface area contributed by atoms with Gasteiger partial charge in [-0.25, -0.2) is 0 Å². The molecule has 3 heteroatoms.